The molecule has 1 N–H and O–H groups in total. The highest BCUT2D eigenvalue weighted by molar-refractivity contribution is 6.36. The molecule has 1 aromatic heterocycles. The highest BCUT2D eigenvalue weighted by atomic mass is 35.5. The van der Waals surface area contributed by atoms with Gasteiger partial charge in [-0.05, 0) is 69.9 Å². The van der Waals surface area contributed by atoms with Crippen molar-refractivity contribution < 1.29 is 14.7 Å². The molecule has 2 saturated carbocycles. The summed E-state index contributed by atoms with van der Waals surface area (Å²) in [4.78, 5) is 27.5. The van der Waals surface area contributed by atoms with Crippen molar-refractivity contribution in [2.45, 2.75) is 78.4 Å². The molecule has 2 fully saturated rings. The quantitative estimate of drug-likeness (QED) is 0.451. The number of halogens is 2. The van der Waals surface area contributed by atoms with E-state index in [9.17, 15) is 14.7 Å². The molecule has 0 saturated heterocycles. The number of hydrogen-bond donors (Lipinski definition) is 1. The van der Waals surface area contributed by atoms with Gasteiger partial charge < -0.3 is 10.0 Å². The number of Topliss-reactive ketones (excluding diaryl/α,β-unsaturated/α-hetero) is 1. The van der Waals surface area contributed by atoms with Crippen LogP contribution in [0.2, 0.25) is 10.0 Å². The zero-order valence-corrected chi connectivity index (χ0v) is 22.5. The maximum absolute atomic E-state index is 13.7. The lowest BCUT2D eigenvalue weighted by molar-refractivity contribution is -0.127. The number of amides is 1. The molecule has 2 aliphatic carbocycles. The minimum atomic E-state index is -1.000. The van der Waals surface area contributed by atoms with E-state index in [0.29, 0.717) is 27.7 Å². The number of nitrogens with zero attached hydrogens (tertiary/aromatic N) is 3. The first kappa shape index (κ1) is 26.2. The van der Waals surface area contributed by atoms with Crippen molar-refractivity contribution in [3.05, 3.63) is 51.3 Å². The van der Waals surface area contributed by atoms with Crippen molar-refractivity contribution in [3.8, 4) is 0 Å². The van der Waals surface area contributed by atoms with E-state index < -0.39 is 6.10 Å². The fraction of sp³-hybridized carbons (Fsp3) is 0.593. The van der Waals surface area contributed by atoms with Crippen LogP contribution in [0.1, 0.15) is 93.1 Å². The number of benzene rings is 1. The van der Waals surface area contributed by atoms with Gasteiger partial charge in [-0.3, -0.25) is 14.3 Å². The molecule has 0 bridgehead atoms. The van der Waals surface area contributed by atoms with Crippen molar-refractivity contribution in [1.82, 2.24) is 14.7 Å². The Morgan fingerprint density at radius 1 is 1.17 bits per heavy atom. The van der Waals surface area contributed by atoms with Crippen LogP contribution in [0, 0.1) is 17.8 Å². The van der Waals surface area contributed by atoms with E-state index in [4.69, 9.17) is 23.2 Å². The van der Waals surface area contributed by atoms with Crippen LogP contribution in [0.15, 0.2) is 24.4 Å². The third-order valence-electron chi connectivity index (χ3n) is 8.22. The third-order valence-corrected chi connectivity index (χ3v) is 8.88. The van der Waals surface area contributed by atoms with Crippen LogP contribution in [0.4, 0.5) is 0 Å². The van der Waals surface area contributed by atoms with Gasteiger partial charge in [0.2, 0.25) is 0 Å². The van der Waals surface area contributed by atoms with Crippen molar-refractivity contribution in [3.63, 3.8) is 0 Å². The van der Waals surface area contributed by atoms with E-state index in [0.717, 1.165) is 44.2 Å². The Balaban J connectivity index is 1.54. The summed E-state index contributed by atoms with van der Waals surface area (Å²) in [5, 5.41) is 16.4. The molecule has 8 heteroatoms. The van der Waals surface area contributed by atoms with E-state index >= 15 is 0 Å². The molecule has 4 rings (SSSR count). The Hall–Kier alpha value is -1.89. The number of rotatable bonds is 8. The molecule has 2 aliphatic rings. The topological polar surface area (TPSA) is 75.4 Å². The maximum atomic E-state index is 13.7. The molecule has 1 unspecified atom stereocenters. The van der Waals surface area contributed by atoms with Crippen LogP contribution < -0.4 is 0 Å². The first-order chi connectivity index (χ1) is 16.4. The van der Waals surface area contributed by atoms with E-state index in [2.05, 4.69) is 12.0 Å². The van der Waals surface area contributed by atoms with Crippen LogP contribution in [-0.4, -0.2) is 44.6 Å². The fourth-order valence-corrected chi connectivity index (χ4v) is 5.84. The molecule has 1 heterocycles. The van der Waals surface area contributed by atoms with Gasteiger partial charge in [0, 0.05) is 33.3 Å². The van der Waals surface area contributed by atoms with Crippen LogP contribution in [0.3, 0.4) is 0 Å². The number of hydrogen-bond acceptors (Lipinski definition) is 4. The number of carbonyl (C=O) groups is 2. The molecular weight excluding hydrogens is 485 g/mol. The summed E-state index contributed by atoms with van der Waals surface area (Å²) in [6.45, 7) is 8.46. The highest BCUT2D eigenvalue weighted by Gasteiger charge is 2.41. The molecule has 0 spiro atoms. The Labute approximate surface area is 217 Å². The summed E-state index contributed by atoms with van der Waals surface area (Å²) in [6.07, 6.45) is 6.11. The third kappa shape index (κ3) is 5.45. The Kier molecular flexibility index (Phi) is 7.38. The second-order valence-corrected chi connectivity index (χ2v) is 11.9. The van der Waals surface area contributed by atoms with Gasteiger partial charge in [0.25, 0.3) is 5.91 Å². The lowest BCUT2D eigenvalue weighted by Gasteiger charge is -2.35. The average Bonchev–Trinajstić information content (AvgIpc) is 3.40. The van der Waals surface area contributed by atoms with Gasteiger partial charge in [-0.25, -0.2) is 0 Å². The van der Waals surface area contributed by atoms with Crippen molar-refractivity contribution >= 4 is 34.9 Å². The number of aromatic nitrogens is 2. The average molecular weight is 521 g/mol. The number of aliphatic hydroxyl groups excluding tert-OH is 1. The molecule has 0 aliphatic heterocycles. The number of aliphatic hydroxyl groups is 1. The molecule has 6 nitrogen and oxygen atoms in total. The van der Waals surface area contributed by atoms with E-state index in [1.807, 2.05) is 18.5 Å². The van der Waals surface area contributed by atoms with Gasteiger partial charge in [-0.1, -0.05) is 43.1 Å². The van der Waals surface area contributed by atoms with Gasteiger partial charge in [-0.2, -0.15) is 5.10 Å². The van der Waals surface area contributed by atoms with Gasteiger partial charge in [0.05, 0.1) is 30.5 Å². The lowest BCUT2D eigenvalue weighted by atomic mass is 9.71. The standard InChI is InChI=1S/C27H35Cl2N3O3/c1-17-20(14-30-32(17)19-8-10-27(4,11-9-19)18(2)33)25(35)31(16-26(3)12-13-26)15-23(34)24-21(28)6-5-7-22(24)29/h5-7,14,19,23,34H,8-13,15-16H2,1-4H3. The maximum Gasteiger partial charge on any atom is 0.257 e. The fourth-order valence-electron chi connectivity index (χ4n) is 5.19. The first-order valence-corrected chi connectivity index (χ1v) is 13.2. The van der Waals surface area contributed by atoms with Gasteiger partial charge >= 0.3 is 0 Å². The summed E-state index contributed by atoms with van der Waals surface area (Å²) >= 11 is 12.6. The van der Waals surface area contributed by atoms with E-state index in [1.165, 1.54) is 0 Å². The molecule has 2 aromatic rings. The smallest absolute Gasteiger partial charge is 0.257 e. The largest absolute Gasteiger partial charge is 0.386 e. The summed E-state index contributed by atoms with van der Waals surface area (Å²) in [5.74, 6) is 0.0962. The Bertz CT molecular complexity index is 1100. The number of carbonyl (C=O) groups excluding carboxylic acids is 2. The van der Waals surface area contributed by atoms with Crippen LogP contribution in [0.5, 0.6) is 0 Å². The molecule has 35 heavy (non-hydrogen) atoms. The van der Waals surface area contributed by atoms with Crippen molar-refractivity contribution in [1.29, 1.82) is 0 Å². The van der Waals surface area contributed by atoms with Gasteiger partial charge in [-0.15, -0.1) is 0 Å². The van der Waals surface area contributed by atoms with E-state index in [1.54, 1.807) is 36.2 Å². The monoisotopic (exact) mass is 519 g/mol. The van der Waals surface area contributed by atoms with Crippen LogP contribution in [0.25, 0.3) is 0 Å². The predicted octanol–water partition coefficient (Wildman–Crippen LogP) is 6.18. The molecule has 190 valence electrons. The van der Waals surface area contributed by atoms with Gasteiger partial charge in [0.1, 0.15) is 5.78 Å². The lowest BCUT2D eigenvalue weighted by Crippen LogP contribution is -2.39. The second kappa shape index (κ2) is 9.87. The normalized spacial score (nSPS) is 24.1. The minimum Gasteiger partial charge on any atom is -0.386 e. The number of ketones is 1. The predicted molar refractivity (Wildman–Crippen MR) is 138 cm³/mol. The SMILES string of the molecule is CC(=O)C1(C)CCC(n2ncc(C(=O)N(CC(O)c3c(Cl)cccc3Cl)CC3(C)CC3)c2C)CC1. The Morgan fingerprint density at radius 2 is 1.77 bits per heavy atom. The second-order valence-electron chi connectivity index (χ2n) is 11.1. The summed E-state index contributed by atoms with van der Waals surface area (Å²) < 4.78 is 1.95. The first-order valence-electron chi connectivity index (χ1n) is 12.4. The highest BCUT2D eigenvalue weighted by Crippen LogP contribution is 2.46. The van der Waals surface area contributed by atoms with Crippen molar-refractivity contribution in [2.75, 3.05) is 13.1 Å². The Morgan fingerprint density at radius 3 is 2.31 bits per heavy atom. The van der Waals surface area contributed by atoms with Crippen LogP contribution >= 0.6 is 23.2 Å². The molecular formula is C27H35Cl2N3O3. The summed E-state index contributed by atoms with van der Waals surface area (Å²) in [6, 6.07) is 5.29. The molecule has 0 radical (unpaired) electrons. The molecule has 1 amide bonds. The van der Waals surface area contributed by atoms with Crippen molar-refractivity contribution in [2.24, 2.45) is 10.8 Å². The summed E-state index contributed by atoms with van der Waals surface area (Å²) in [5.41, 5.74) is 1.61. The van der Waals surface area contributed by atoms with Crippen LogP contribution in [-0.2, 0) is 4.79 Å². The zero-order valence-electron chi connectivity index (χ0n) is 21.0. The van der Waals surface area contributed by atoms with E-state index in [-0.39, 0.29) is 35.1 Å². The summed E-state index contributed by atoms with van der Waals surface area (Å²) in [7, 11) is 0. The molecule has 1 aromatic carbocycles. The minimum absolute atomic E-state index is 0.0596. The van der Waals surface area contributed by atoms with Gasteiger partial charge in [0.15, 0.2) is 0 Å². The molecule has 1 atom stereocenters. The zero-order chi connectivity index (χ0) is 25.5.